The highest BCUT2D eigenvalue weighted by atomic mass is 16.2. The molecule has 2 amide bonds. The number of rotatable bonds is 6. The number of hydrogen-bond acceptors (Lipinski definition) is 4. The first-order chi connectivity index (χ1) is 14.6. The third-order valence-electron chi connectivity index (χ3n) is 5.03. The van der Waals surface area contributed by atoms with Crippen molar-refractivity contribution >= 4 is 17.5 Å². The molecule has 1 atom stereocenters. The van der Waals surface area contributed by atoms with E-state index in [9.17, 15) is 9.59 Å². The summed E-state index contributed by atoms with van der Waals surface area (Å²) in [5.74, 6) is 0.0497. The molecule has 31 heavy (non-hydrogen) atoms. The molecule has 0 saturated heterocycles. The van der Waals surface area contributed by atoms with Crippen molar-refractivity contribution in [1.82, 2.24) is 19.9 Å². The Balaban J connectivity index is 1.67. The fourth-order valence-electron chi connectivity index (χ4n) is 3.11. The standard InChI is InChI=1S/C24H29N5O2/c1-16(2)21(28-22(30)17-6-8-18(9-7-17)24(3,4)5)23(31)27-19-10-11-20(26-14-19)29-13-12-25-15-29/h6-16,21H,1-5H3,(H,27,31)(H,28,30). The lowest BCUT2D eigenvalue weighted by molar-refractivity contribution is -0.118. The molecule has 0 bridgehead atoms. The molecule has 0 saturated carbocycles. The summed E-state index contributed by atoms with van der Waals surface area (Å²) in [5, 5.41) is 5.70. The molecule has 2 aromatic heterocycles. The fraction of sp³-hybridized carbons (Fsp3) is 0.333. The van der Waals surface area contributed by atoms with Crippen LogP contribution in [0.25, 0.3) is 5.82 Å². The zero-order valence-electron chi connectivity index (χ0n) is 18.6. The van der Waals surface area contributed by atoms with Gasteiger partial charge in [0, 0.05) is 18.0 Å². The Hall–Kier alpha value is -3.48. The Labute approximate surface area is 182 Å². The van der Waals surface area contributed by atoms with Crippen molar-refractivity contribution in [3.8, 4) is 5.82 Å². The van der Waals surface area contributed by atoms with Crippen molar-refractivity contribution in [2.24, 2.45) is 5.92 Å². The van der Waals surface area contributed by atoms with Gasteiger partial charge >= 0.3 is 0 Å². The number of anilines is 1. The Morgan fingerprint density at radius 1 is 1.03 bits per heavy atom. The molecule has 0 aliphatic heterocycles. The fourth-order valence-corrected chi connectivity index (χ4v) is 3.11. The highest BCUT2D eigenvalue weighted by molar-refractivity contribution is 6.01. The number of imidazole rings is 1. The Kier molecular flexibility index (Phi) is 6.53. The Morgan fingerprint density at radius 3 is 2.26 bits per heavy atom. The number of benzene rings is 1. The van der Waals surface area contributed by atoms with Gasteiger partial charge in [0.1, 0.15) is 18.2 Å². The third kappa shape index (κ3) is 5.57. The van der Waals surface area contributed by atoms with Gasteiger partial charge in [0.05, 0.1) is 11.9 Å². The van der Waals surface area contributed by atoms with E-state index in [0.717, 1.165) is 5.56 Å². The number of hydrogen-bond donors (Lipinski definition) is 2. The molecule has 1 aromatic carbocycles. The highest BCUT2D eigenvalue weighted by Crippen LogP contribution is 2.22. The van der Waals surface area contributed by atoms with Gasteiger partial charge in [-0.1, -0.05) is 46.8 Å². The molecule has 0 aliphatic carbocycles. The van der Waals surface area contributed by atoms with E-state index in [2.05, 4.69) is 41.4 Å². The maximum atomic E-state index is 12.9. The molecule has 0 fully saturated rings. The minimum absolute atomic E-state index is 0.0107. The zero-order chi connectivity index (χ0) is 22.6. The van der Waals surface area contributed by atoms with Gasteiger partial charge in [-0.05, 0) is 41.2 Å². The minimum Gasteiger partial charge on any atom is -0.340 e. The maximum absolute atomic E-state index is 12.9. The number of amides is 2. The number of nitrogens with zero attached hydrogens (tertiary/aromatic N) is 3. The van der Waals surface area contributed by atoms with Crippen LogP contribution < -0.4 is 10.6 Å². The second kappa shape index (κ2) is 9.12. The number of carbonyl (C=O) groups is 2. The molecular formula is C24H29N5O2. The first-order valence-electron chi connectivity index (χ1n) is 10.3. The van der Waals surface area contributed by atoms with Crippen molar-refractivity contribution in [2.45, 2.75) is 46.1 Å². The number of pyridine rings is 1. The van der Waals surface area contributed by atoms with Gasteiger partial charge in [-0.15, -0.1) is 0 Å². The van der Waals surface area contributed by atoms with Crippen molar-refractivity contribution in [3.05, 3.63) is 72.4 Å². The summed E-state index contributed by atoms with van der Waals surface area (Å²) < 4.78 is 1.77. The molecule has 3 rings (SSSR count). The summed E-state index contributed by atoms with van der Waals surface area (Å²) >= 11 is 0. The molecule has 1 unspecified atom stereocenters. The molecule has 0 aliphatic rings. The van der Waals surface area contributed by atoms with E-state index in [0.29, 0.717) is 17.1 Å². The normalized spacial score (nSPS) is 12.5. The van der Waals surface area contributed by atoms with E-state index < -0.39 is 6.04 Å². The first kappa shape index (κ1) is 22.2. The van der Waals surface area contributed by atoms with Crippen LogP contribution in [0.1, 0.15) is 50.5 Å². The molecule has 7 heteroatoms. The topological polar surface area (TPSA) is 88.9 Å². The highest BCUT2D eigenvalue weighted by Gasteiger charge is 2.25. The summed E-state index contributed by atoms with van der Waals surface area (Å²) in [5.41, 5.74) is 2.24. The van der Waals surface area contributed by atoms with E-state index in [1.54, 1.807) is 53.8 Å². The van der Waals surface area contributed by atoms with Gasteiger partial charge in [-0.25, -0.2) is 9.97 Å². The molecule has 2 N–H and O–H groups in total. The van der Waals surface area contributed by atoms with Crippen molar-refractivity contribution < 1.29 is 9.59 Å². The van der Waals surface area contributed by atoms with Crippen LogP contribution >= 0.6 is 0 Å². The van der Waals surface area contributed by atoms with Crippen LogP contribution in [0.4, 0.5) is 5.69 Å². The van der Waals surface area contributed by atoms with Crippen molar-refractivity contribution in [2.75, 3.05) is 5.32 Å². The Bertz CT molecular complexity index is 1020. The predicted octanol–water partition coefficient (Wildman–Crippen LogP) is 3.96. The van der Waals surface area contributed by atoms with Crippen LogP contribution in [0.2, 0.25) is 0 Å². The predicted molar refractivity (Wildman–Crippen MR) is 121 cm³/mol. The smallest absolute Gasteiger partial charge is 0.251 e. The van der Waals surface area contributed by atoms with Crippen LogP contribution in [0.15, 0.2) is 61.3 Å². The summed E-state index contributed by atoms with van der Waals surface area (Å²) in [6, 6.07) is 10.4. The monoisotopic (exact) mass is 419 g/mol. The van der Waals surface area contributed by atoms with E-state index in [-0.39, 0.29) is 23.1 Å². The van der Waals surface area contributed by atoms with Gasteiger partial charge < -0.3 is 10.6 Å². The average molecular weight is 420 g/mol. The van der Waals surface area contributed by atoms with Crippen LogP contribution in [-0.2, 0) is 10.2 Å². The van der Waals surface area contributed by atoms with Crippen molar-refractivity contribution in [3.63, 3.8) is 0 Å². The lowest BCUT2D eigenvalue weighted by atomic mass is 9.86. The third-order valence-corrected chi connectivity index (χ3v) is 5.03. The second-order valence-corrected chi connectivity index (χ2v) is 8.89. The summed E-state index contributed by atoms with van der Waals surface area (Å²) in [6.07, 6.45) is 6.69. The molecule has 2 heterocycles. The van der Waals surface area contributed by atoms with Gasteiger partial charge in [0.2, 0.25) is 5.91 Å². The van der Waals surface area contributed by atoms with E-state index >= 15 is 0 Å². The number of aromatic nitrogens is 3. The SMILES string of the molecule is CC(C)C(NC(=O)c1ccc(C(C)(C)C)cc1)C(=O)Nc1ccc(-n2ccnc2)nc1. The molecule has 3 aromatic rings. The van der Waals surface area contributed by atoms with Gasteiger partial charge in [0.25, 0.3) is 5.91 Å². The van der Waals surface area contributed by atoms with Gasteiger partial charge in [-0.2, -0.15) is 0 Å². The average Bonchev–Trinajstić information content (AvgIpc) is 3.26. The Morgan fingerprint density at radius 2 is 1.74 bits per heavy atom. The second-order valence-electron chi connectivity index (χ2n) is 8.89. The largest absolute Gasteiger partial charge is 0.340 e. The molecule has 0 radical (unpaired) electrons. The van der Waals surface area contributed by atoms with Crippen LogP contribution in [0.3, 0.4) is 0 Å². The van der Waals surface area contributed by atoms with Gasteiger partial charge in [-0.3, -0.25) is 14.2 Å². The van der Waals surface area contributed by atoms with Crippen LogP contribution in [0.5, 0.6) is 0 Å². The molecule has 0 spiro atoms. The van der Waals surface area contributed by atoms with E-state index in [1.165, 1.54) is 0 Å². The molecule has 7 nitrogen and oxygen atoms in total. The van der Waals surface area contributed by atoms with E-state index in [1.807, 2.05) is 26.0 Å². The van der Waals surface area contributed by atoms with Gasteiger partial charge in [0.15, 0.2) is 0 Å². The number of nitrogens with one attached hydrogen (secondary N) is 2. The quantitative estimate of drug-likeness (QED) is 0.633. The lowest BCUT2D eigenvalue weighted by Crippen LogP contribution is -2.47. The van der Waals surface area contributed by atoms with Crippen molar-refractivity contribution in [1.29, 1.82) is 0 Å². The maximum Gasteiger partial charge on any atom is 0.251 e. The van der Waals surface area contributed by atoms with Crippen LogP contribution in [0, 0.1) is 5.92 Å². The molecular weight excluding hydrogens is 390 g/mol. The van der Waals surface area contributed by atoms with Crippen LogP contribution in [-0.4, -0.2) is 32.4 Å². The first-order valence-corrected chi connectivity index (χ1v) is 10.3. The lowest BCUT2D eigenvalue weighted by Gasteiger charge is -2.22. The minimum atomic E-state index is -0.678. The molecule has 162 valence electrons. The number of carbonyl (C=O) groups excluding carboxylic acids is 2. The summed E-state index contributed by atoms with van der Waals surface area (Å²) in [4.78, 5) is 33.9. The zero-order valence-corrected chi connectivity index (χ0v) is 18.6. The van der Waals surface area contributed by atoms with E-state index in [4.69, 9.17) is 0 Å². The summed E-state index contributed by atoms with van der Waals surface area (Å²) in [6.45, 7) is 10.2. The summed E-state index contributed by atoms with van der Waals surface area (Å²) in [7, 11) is 0.